The number of hydrogen-bond acceptors (Lipinski definition) is 6. The van der Waals surface area contributed by atoms with Crippen LogP contribution in [0.4, 0.5) is 10.6 Å². The minimum absolute atomic E-state index is 0.0324. The molecule has 0 bridgehead atoms. The number of hydrogen-bond donors (Lipinski definition) is 2. The fourth-order valence-corrected chi connectivity index (χ4v) is 3.38. The molecule has 4 rings (SSSR count). The summed E-state index contributed by atoms with van der Waals surface area (Å²) in [6.45, 7) is 0.826. The van der Waals surface area contributed by atoms with Gasteiger partial charge < -0.3 is 20.1 Å². The Kier molecular flexibility index (Phi) is 5.48. The minimum Gasteiger partial charge on any atom is -0.489 e. The van der Waals surface area contributed by atoms with E-state index in [1.165, 1.54) is 11.2 Å². The van der Waals surface area contributed by atoms with Crippen LogP contribution in [0, 0.1) is 17.2 Å². The van der Waals surface area contributed by atoms with Crippen molar-refractivity contribution in [2.45, 2.75) is 31.8 Å². The van der Waals surface area contributed by atoms with E-state index in [9.17, 15) is 14.9 Å². The number of anilines is 1. The number of likely N-dealkylation sites (tertiary alicyclic amines) is 1. The average molecular weight is 407 g/mol. The van der Waals surface area contributed by atoms with Crippen LogP contribution in [-0.4, -0.2) is 51.2 Å². The maximum absolute atomic E-state index is 11.9. The molecule has 2 N–H and O–H groups in total. The van der Waals surface area contributed by atoms with Gasteiger partial charge in [0.1, 0.15) is 30.1 Å². The molecule has 1 saturated carbocycles. The number of nitrogens with zero attached hydrogens (tertiary/aromatic N) is 4. The van der Waals surface area contributed by atoms with Crippen molar-refractivity contribution in [2.75, 3.05) is 18.4 Å². The zero-order chi connectivity index (χ0) is 21.1. The molecule has 0 atom stereocenters. The Bertz CT molecular complexity index is 1010. The molecule has 2 heterocycles. The van der Waals surface area contributed by atoms with Crippen LogP contribution in [0.15, 0.2) is 30.6 Å². The summed E-state index contributed by atoms with van der Waals surface area (Å²) in [5.41, 5.74) is 1.67. The zero-order valence-corrected chi connectivity index (χ0v) is 16.2. The fourth-order valence-electron chi connectivity index (χ4n) is 3.38. The minimum atomic E-state index is -0.923. The van der Waals surface area contributed by atoms with E-state index in [1.807, 2.05) is 0 Å². The van der Waals surface area contributed by atoms with Gasteiger partial charge in [-0.05, 0) is 31.0 Å². The summed E-state index contributed by atoms with van der Waals surface area (Å²) in [7, 11) is 0. The van der Waals surface area contributed by atoms with Crippen LogP contribution in [0.25, 0.3) is 11.3 Å². The maximum atomic E-state index is 11.9. The van der Waals surface area contributed by atoms with Gasteiger partial charge >= 0.3 is 6.09 Å². The molecular weight excluding hydrogens is 386 g/mol. The second kappa shape index (κ2) is 8.37. The number of rotatable bonds is 5. The molecule has 9 heteroatoms. The summed E-state index contributed by atoms with van der Waals surface area (Å²) in [4.78, 5) is 32.7. The molecule has 0 unspecified atom stereocenters. The smallest absolute Gasteiger partial charge is 0.407 e. The average Bonchev–Trinajstić information content (AvgIpc) is 3.60. The monoisotopic (exact) mass is 407 g/mol. The highest BCUT2D eigenvalue weighted by molar-refractivity contribution is 5.93. The lowest BCUT2D eigenvalue weighted by Gasteiger charge is -2.30. The highest BCUT2D eigenvalue weighted by atomic mass is 16.5. The van der Waals surface area contributed by atoms with Gasteiger partial charge in [0.05, 0.1) is 11.3 Å². The molecule has 0 spiro atoms. The number of benzene rings is 1. The van der Waals surface area contributed by atoms with E-state index < -0.39 is 6.09 Å². The number of aromatic nitrogens is 2. The molecule has 30 heavy (non-hydrogen) atoms. The lowest BCUT2D eigenvalue weighted by Crippen LogP contribution is -2.41. The van der Waals surface area contributed by atoms with Gasteiger partial charge in [-0.3, -0.25) is 4.79 Å². The van der Waals surface area contributed by atoms with Gasteiger partial charge in [-0.1, -0.05) is 0 Å². The number of carbonyl (C=O) groups is 2. The second-order valence-electron chi connectivity index (χ2n) is 7.46. The molecule has 1 aliphatic carbocycles. The topological polar surface area (TPSA) is 128 Å². The van der Waals surface area contributed by atoms with Crippen molar-refractivity contribution in [2.24, 2.45) is 5.92 Å². The quantitative estimate of drug-likeness (QED) is 0.780. The van der Waals surface area contributed by atoms with E-state index >= 15 is 0 Å². The molecule has 2 amide bonds. The largest absolute Gasteiger partial charge is 0.489 e. The first kappa shape index (κ1) is 19.6. The van der Waals surface area contributed by atoms with Gasteiger partial charge in [0.15, 0.2) is 0 Å². The Morgan fingerprint density at radius 3 is 2.60 bits per heavy atom. The van der Waals surface area contributed by atoms with Gasteiger partial charge in [0, 0.05) is 43.5 Å². The van der Waals surface area contributed by atoms with Crippen molar-refractivity contribution < 1.29 is 19.4 Å². The fraction of sp³-hybridized carbons (Fsp3) is 0.381. The van der Waals surface area contributed by atoms with Gasteiger partial charge in [-0.15, -0.1) is 0 Å². The summed E-state index contributed by atoms with van der Waals surface area (Å²) >= 11 is 0. The predicted octanol–water partition coefficient (Wildman–Crippen LogP) is 2.88. The summed E-state index contributed by atoms with van der Waals surface area (Å²) in [5.74, 6) is 0.940. The van der Waals surface area contributed by atoms with E-state index in [-0.39, 0.29) is 17.9 Å². The highest BCUT2D eigenvalue weighted by Gasteiger charge is 2.30. The van der Waals surface area contributed by atoms with E-state index in [4.69, 9.17) is 9.84 Å². The Hall–Kier alpha value is -3.67. The molecule has 2 aromatic rings. The van der Waals surface area contributed by atoms with Crippen LogP contribution < -0.4 is 10.1 Å². The standard InChI is InChI=1S/C21H21N5O4/c22-11-15-9-14(17-10-19(24-12-23-17)25-20(27)13-1-2-13)3-4-18(15)30-16-5-7-26(8-6-16)21(28)29/h3-4,9-10,12-13,16H,1-2,5-8H2,(H,28,29)(H,23,24,25,27). The normalized spacial score (nSPS) is 16.6. The number of carboxylic acid groups (broad SMARTS) is 1. The molecule has 1 aromatic carbocycles. The van der Waals surface area contributed by atoms with Gasteiger partial charge in [0.2, 0.25) is 5.91 Å². The highest BCUT2D eigenvalue weighted by Crippen LogP contribution is 2.31. The molecular formula is C21H21N5O4. The first-order chi connectivity index (χ1) is 14.5. The molecule has 0 radical (unpaired) electrons. The van der Waals surface area contributed by atoms with E-state index in [1.54, 1.807) is 24.3 Å². The van der Waals surface area contributed by atoms with Crippen molar-refractivity contribution in [3.05, 3.63) is 36.2 Å². The molecule has 9 nitrogen and oxygen atoms in total. The predicted molar refractivity (Wildman–Crippen MR) is 107 cm³/mol. The van der Waals surface area contributed by atoms with Gasteiger partial charge in [0.25, 0.3) is 0 Å². The van der Waals surface area contributed by atoms with Gasteiger partial charge in [-0.2, -0.15) is 5.26 Å². The van der Waals surface area contributed by atoms with Crippen LogP contribution >= 0.6 is 0 Å². The summed E-state index contributed by atoms with van der Waals surface area (Å²) in [6, 6.07) is 9.05. The zero-order valence-electron chi connectivity index (χ0n) is 16.2. The molecule has 1 aliphatic heterocycles. The Labute approximate surface area is 173 Å². The summed E-state index contributed by atoms with van der Waals surface area (Å²) < 4.78 is 5.97. The number of nitriles is 1. The number of nitrogens with one attached hydrogen (secondary N) is 1. The molecule has 1 aromatic heterocycles. The first-order valence-corrected chi connectivity index (χ1v) is 9.85. The van der Waals surface area contributed by atoms with Crippen LogP contribution in [0.5, 0.6) is 5.75 Å². The van der Waals surface area contributed by atoms with Crippen LogP contribution in [0.3, 0.4) is 0 Å². The van der Waals surface area contributed by atoms with E-state index in [2.05, 4.69) is 21.4 Å². The van der Waals surface area contributed by atoms with Gasteiger partial charge in [-0.25, -0.2) is 14.8 Å². The van der Waals surface area contributed by atoms with E-state index in [0.717, 1.165) is 12.8 Å². The Balaban J connectivity index is 1.47. The van der Waals surface area contributed by atoms with E-state index in [0.29, 0.717) is 54.3 Å². The van der Waals surface area contributed by atoms with Crippen LogP contribution in [-0.2, 0) is 4.79 Å². The molecule has 2 aliphatic rings. The molecule has 154 valence electrons. The SMILES string of the molecule is N#Cc1cc(-c2cc(NC(=O)C3CC3)ncn2)ccc1OC1CCN(C(=O)O)CC1. The lowest BCUT2D eigenvalue weighted by atomic mass is 10.1. The number of carbonyl (C=O) groups excluding carboxylic acids is 1. The molecule has 2 fully saturated rings. The summed E-state index contributed by atoms with van der Waals surface area (Å²) in [5, 5.41) is 21.4. The third-order valence-electron chi connectivity index (χ3n) is 5.27. The second-order valence-corrected chi connectivity index (χ2v) is 7.46. The molecule has 1 saturated heterocycles. The summed E-state index contributed by atoms with van der Waals surface area (Å²) in [6.07, 6.45) is 3.29. The van der Waals surface area contributed by atoms with Crippen LogP contribution in [0.1, 0.15) is 31.2 Å². The number of amides is 2. The Morgan fingerprint density at radius 1 is 1.17 bits per heavy atom. The van der Waals surface area contributed by atoms with Crippen molar-refractivity contribution in [1.29, 1.82) is 5.26 Å². The third kappa shape index (κ3) is 4.49. The maximum Gasteiger partial charge on any atom is 0.407 e. The van der Waals surface area contributed by atoms with Crippen molar-refractivity contribution in [3.8, 4) is 23.1 Å². The lowest BCUT2D eigenvalue weighted by molar-refractivity contribution is -0.117. The van der Waals surface area contributed by atoms with Crippen molar-refractivity contribution in [3.63, 3.8) is 0 Å². The third-order valence-corrected chi connectivity index (χ3v) is 5.27. The number of ether oxygens (including phenoxy) is 1. The van der Waals surface area contributed by atoms with Crippen molar-refractivity contribution >= 4 is 17.8 Å². The van der Waals surface area contributed by atoms with Crippen LogP contribution in [0.2, 0.25) is 0 Å². The van der Waals surface area contributed by atoms with Crippen molar-refractivity contribution in [1.82, 2.24) is 14.9 Å². The first-order valence-electron chi connectivity index (χ1n) is 9.85. The number of piperidine rings is 1. The Morgan fingerprint density at radius 2 is 1.93 bits per heavy atom.